The van der Waals surface area contributed by atoms with Gasteiger partial charge in [-0.3, -0.25) is 9.69 Å². The van der Waals surface area contributed by atoms with Crippen molar-refractivity contribution in [1.82, 2.24) is 19.7 Å². The van der Waals surface area contributed by atoms with E-state index in [1.165, 1.54) is 11.1 Å². The van der Waals surface area contributed by atoms with Gasteiger partial charge in [0.05, 0.1) is 19.3 Å². The number of amides is 1. The fourth-order valence-corrected chi connectivity index (χ4v) is 5.83. The van der Waals surface area contributed by atoms with Crippen molar-refractivity contribution in [3.05, 3.63) is 53.1 Å². The molecule has 0 spiro atoms. The highest BCUT2D eigenvalue weighted by atomic mass is 16.5. The van der Waals surface area contributed by atoms with Crippen LogP contribution in [0.3, 0.4) is 0 Å². The third-order valence-electron chi connectivity index (χ3n) is 7.84. The fraction of sp³-hybridized carbons (Fsp3) is 0.600. The fourth-order valence-electron chi connectivity index (χ4n) is 5.83. The number of piperidine rings is 1. The summed E-state index contributed by atoms with van der Waals surface area (Å²) in [7, 11) is 1.73. The standard InChI is InChI=1S/C30H42N4O5/c1-30(2)21-34(20-24(35)19-33-13-10-22-6-4-5-7-23(22)18-33)29(36)26-8-9-27(31-28(26)39-30)38-25-11-14-32(15-12-25)16-17-37-3/h4-9,24-25,35H,10-21H2,1-3H3/t24-/m1/s1. The predicted molar refractivity (Wildman–Crippen MR) is 148 cm³/mol. The van der Waals surface area contributed by atoms with Gasteiger partial charge in [0.25, 0.3) is 5.91 Å². The minimum absolute atomic E-state index is 0.0808. The van der Waals surface area contributed by atoms with Gasteiger partial charge < -0.3 is 29.1 Å². The van der Waals surface area contributed by atoms with E-state index in [1.807, 2.05) is 13.8 Å². The van der Waals surface area contributed by atoms with E-state index in [-0.39, 0.29) is 18.6 Å². The number of β-amino-alcohol motifs (C(OH)–C–C–N with tert-alkyl or cyclic N) is 1. The summed E-state index contributed by atoms with van der Waals surface area (Å²) in [4.78, 5) is 24.5. The first-order valence-corrected chi connectivity index (χ1v) is 14.1. The zero-order valence-corrected chi connectivity index (χ0v) is 23.5. The van der Waals surface area contributed by atoms with Gasteiger partial charge >= 0.3 is 0 Å². The second-order valence-corrected chi connectivity index (χ2v) is 11.6. The van der Waals surface area contributed by atoms with Crippen molar-refractivity contribution in [2.45, 2.75) is 57.5 Å². The average molecular weight is 539 g/mol. The lowest BCUT2D eigenvalue weighted by Gasteiger charge is -2.33. The number of aliphatic hydroxyl groups is 1. The van der Waals surface area contributed by atoms with Crippen LogP contribution >= 0.6 is 0 Å². The first kappa shape index (κ1) is 27.8. The largest absolute Gasteiger partial charge is 0.474 e. The van der Waals surface area contributed by atoms with Crippen molar-refractivity contribution >= 4 is 5.91 Å². The number of carbonyl (C=O) groups excluding carboxylic acids is 1. The smallest absolute Gasteiger partial charge is 0.259 e. The highest BCUT2D eigenvalue weighted by molar-refractivity contribution is 5.97. The van der Waals surface area contributed by atoms with Gasteiger partial charge in [-0.15, -0.1) is 0 Å². The molecule has 0 radical (unpaired) electrons. The summed E-state index contributed by atoms with van der Waals surface area (Å²) in [5, 5.41) is 11.0. The number of aliphatic hydroxyl groups excluding tert-OH is 1. The highest BCUT2D eigenvalue weighted by Gasteiger charge is 2.36. The molecule has 1 N–H and O–H groups in total. The van der Waals surface area contributed by atoms with Gasteiger partial charge in [-0.05, 0) is 50.3 Å². The molecule has 4 heterocycles. The Kier molecular flexibility index (Phi) is 8.71. The molecule has 0 bridgehead atoms. The third kappa shape index (κ3) is 7.08. The van der Waals surface area contributed by atoms with Gasteiger partial charge in [-0.1, -0.05) is 24.3 Å². The molecule has 1 amide bonds. The van der Waals surface area contributed by atoms with Gasteiger partial charge in [0.15, 0.2) is 0 Å². The van der Waals surface area contributed by atoms with Crippen LogP contribution in [0.15, 0.2) is 36.4 Å². The topological polar surface area (TPSA) is 87.6 Å². The molecule has 39 heavy (non-hydrogen) atoms. The molecular weight excluding hydrogens is 496 g/mol. The number of benzene rings is 1. The van der Waals surface area contributed by atoms with Crippen molar-refractivity contribution in [2.24, 2.45) is 0 Å². The molecule has 1 saturated heterocycles. The molecule has 0 aliphatic carbocycles. The van der Waals surface area contributed by atoms with E-state index in [9.17, 15) is 9.90 Å². The van der Waals surface area contributed by atoms with E-state index < -0.39 is 11.7 Å². The number of ether oxygens (including phenoxy) is 3. The van der Waals surface area contributed by atoms with Crippen LogP contribution in [0.5, 0.6) is 11.8 Å². The number of nitrogens with zero attached hydrogens (tertiary/aromatic N) is 4. The molecule has 1 fully saturated rings. The van der Waals surface area contributed by atoms with Crippen LogP contribution in [0, 0.1) is 0 Å². The number of hydrogen-bond donors (Lipinski definition) is 1. The molecule has 9 heteroatoms. The zero-order valence-electron chi connectivity index (χ0n) is 23.5. The second-order valence-electron chi connectivity index (χ2n) is 11.6. The maximum atomic E-state index is 13.6. The molecular formula is C30H42N4O5. The minimum atomic E-state index is -0.665. The van der Waals surface area contributed by atoms with Crippen molar-refractivity contribution < 1.29 is 24.1 Å². The van der Waals surface area contributed by atoms with E-state index >= 15 is 0 Å². The zero-order chi connectivity index (χ0) is 27.4. The van der Waals surface area contributed by atoms with Gasteiger partial charge in [0.1, 0.15) is 17.3 Å². The Hall–Kier alpha value is -2.72. The van der Waals surface area contributed by atoms with Crippen LogP contribution in [-0.4, -0.2) is 108 Å². The Morgan fingerprint density at radius 3 is 2.62 bits per heavy atom. The van der Waals surface area contributed by atoms with E-state index in [4.69, 9.17) is 14.2 Å². The summed E-state index contributed by atoms with van der Waals surface area (Å²) in [6.07, 6.45) is 2.23. The van der Waals surface area contributed by atoms with E-state index in [0.29, 0.717) is 30.4 Å². The molecule has 0 saturated carbocycles. The van der Waals surface area contributed by atoms with Crippen LogP contribution in [0.4, 0.5) is 0 Å². The van der Waals surface area contributed by atoms with Gasteiger partial charge in [0, 0.05) is 59.0 Å². The highest BCUT2D eigenvalue weighted by Crippen LogP contribution is 2.31. The van der Waals surface area contributed by atoms with Crippen molar-refractivity contribution in [1.29, 1.82) is 0 Å². The Balaban J connectivity index is 1.20. The van der Waals surface area contributed by atoms with Crippen molar-refractivity contribution in [3.63, 3.8) is 0 Å². The van der Waals surface area contributed by atoms with Crippen molar-refractivity contribution in [3.8, 4) is 11.8 Å². The molecule has 5 rings (SSSR count). The number of pyridine rings is 1. The van der Waals surface area contributed by atoms with E-state index in [2.05, 4.69) is 39.0 Å². The van der Waals surface area contributed by atoms with E-state index in [1.54, 1.807) is 24.1 Å². The monoisotopic (exact) mass is 538 g/mol. The lowest BCUT2D eigenvalue weighted by Crippen LogP contribution is -2.48. The average Bonchev–Trinajstić information content (AvgIpc) is 3.00. The Bertz CT molecular complexity index is 1130. The van der Waals surface area contributed by atoms with Gasteiger partial charge in [-0.2, -0.15) is 4.98 Å². The minimum Gasteiger partial charge on any atom is -0.474 e. The number of methoxy groups -OCH3 is 1. The van der Waals surface area contributed by atoms with Crippen LogP contribution in [0.1, 0.15) is 48.2 Å². The SMILES string of the molecule is COCCN1CCC(Oc2ccc3c(n2)OC(C)(C)CN(C[C@H](O)CN2CCc4ccccc4C2)C3=O)CC1. The summed E-state index contributed by atoms with van der Waals surface area (Å²) in [5.74, 6) is 0.598. The first-order chi connectivity index (χ1) is 18.8. The number of hydrogen-bond acceptors (Lipinski definition) is 8. The Labute approximate surface area is 231 Å². The molecule has 9 nitrogen and oxygen atoms in total. The molecule has 1 aromatic heterocycles. The second kappa shape index (κ2) is 12.2. The lowest BCUT2D eigenvalue weighted by atomic mass is 9.99. The summed E-state index contributed by atoms with van der Waals surface area (Å²) in [6.45, 7) is 10.3. The van der Waals surface area contributed by atoms with Gasteiger partial charge in [0.2, 0.25) is 11.8 Å². The Morgan fingerprint density at radius 2 is 1.85 bits per heavy atom. The van der Waals surface area contributed by atoms with Crippen LogP contribution < -0.4 is 9.47 Å². The van der Waals surface area contributed by atoms with Crippen molar-refractivity contribution in [2.75, 3.05) is 59.5 Å². The molecule has 3 aliphatic rings. The van der Waals surface area contributed by atoms with E-state index in [0.717, 1.165) is 58.6 Å². The van der Waals surface area contributed by atoms with Gasteiger partial charge in [-0.25, -0.2) is 0 Å². The molecule has 0 unspecified atom stereocenters. The molecule has 212 valence electrons. The first-order valence-electron chi connectivity index (χ1n) is 14.1. The molecule has 3 aliphatic heterocycles. The summed E-state index contributed by atoms with van der Waals surface area (Å²) in [5.41, 5.74) is 2.43. The van der Waals surface area contributed by atoms with Crippen LogP contribution in [-0.2, 0) is 17.7 Å². The third-order valence-corrected chi connectivity index (χ3v) is 7.84. The number of likely N-dealkylation sites (tertiary alicyclic amines) is 1. The summed E-state index contributed by atoms with van der Waals surface area (Å²) in [6, 6.07) is 12.0. The summed E-state index contributed by atoms with van der Waals surface area (Å²) >= 11 is 0. The number of rotatable bonds is 9. The number of carbonyl (C=O) groups is 1. The Morgan fingerprint density at radius 1 is 1.08 bits per heavy atom. The summed E-state index contributed by atoms with van der Waals surface area (Å²) < 4.78 is 17.6. The maximum Gasteiger partial charge on any atom is 0.259 e. The molecule has 1 atom stereocenters. The lowest BCUT2D eigenvalue weighted by molar-refractivity contribution is 0.0274. The number of fused-ring (bicyclic) bond motifs is 2. The normalized spacial score (nSPS) is 21.0. The molecule has 2 aromatic rings. The predicted octanol–water partition coefficient (Wildman–Crippen LogP) is 2.60. The quantitative estimate of drug-likeness (QED) is 0.522. The maximum absolute atomic E-state index is 13.6. The molecule has 1 aromatic carbocycles. The van der Waals surface area contributed by atoms with Crippen LogP contribution in [0.25, 0.3) is 0 Å². The number of aromatic nitrogens is 1. The van der Waals surface area contributed by atoms with Crippen LogP contribution in [0.2, 0.25) is 0 Å².